The van der Waals surface area contributed by atoms with Crippen LogP contribution in [-0.4, -0.2) is 59.7 Å². The van der Waals surface area contributed by atoms with Gasteiger partial charge < -0.3 is 19.7 Å². The first-order valence-corrected chi connectivity index (χ1v) is 10.6. The quantitative estimate of drug-likeness (QED) is 0.438. The number of aromatic nitrogens is 2. The average Bonchev–Trinajstić information content (AvgIpc) is 3.12. The Morgan fingerprint density at radius 1 is 1.21 bits per heavy atom. The predicted molar refractivity (Wildman–Crippen MR) is 117 cm³/mol. The fraction of sp³-hybridized carbons (Fsp3) is 0.524. The van der Waals surface area contributed by atoms with Crippen molar-refractivity contribution in [2.24, 2.45) is 4.99 Å². The lowest BCUT2D eigenvalue weighted by Gasteiger charge is -2.37. The van der Waals surface area contributed by atoms with Crippen LogP contribution in [0.15, 0.2) is 41.7 Å². The highest BCUT2D eigenvalue weighted by molar-refractivity contribution is 6.30. The summed E-state index contributed by atoms with van der Waals surface area (Å²) in [5.41, 5.74) is 1.20. The molecule has 0 atom stereocenters. The fourth-order valence-electron chi connectivity index (χ4n) is 3.49. The van der Waals surface area contributed by atoms with Gasteiger partial charge in [-0.3, -0.25) is 4.99 Å². The number of benzene rings is 1. The number of imidazole rings is 1. The molecule has 0 amide bonds. The lowest BCUT2D eigenvalue weighted by molar-refractivity contribution is 0.372. The molecule has 1 aromatic heterocycles. The number of nitrogens with one attached hydrogen (secondary N) is 1. The second-order valence-corrected chi connectivity index (χ2v) is 7.50. The number of halogens is 1. The maximum Gasteiger partial charge on any atom is 0.194 e. The first-order chi connectivity index (χ1) is 13.7. The smallest absolute Gasteiger partial charge is 0.194 e. The number of aliphatic imine (C=N–C) groups is 1. The minimum atomic E-state index is 0.792. The highest BCUT2D eigenvalue weighted by atomic mass is 35.5. The molecule has 1 aliphatic heterocycles. The Morgan fingerprint density at radius 3 is 2.71 bits per heavy atom. The van der Waals surface area contributed by atoms with Gasteiger partial charge in [0.15, 0.2) is 5.96 Å². The number of rotatable bonds is 7. The molecule has 1 aromatic carbocycles. The lowest BCUT2D eigenvalue weighted by Crippen LogP contribution is -2.52. The van der Waals surface area contributed by atoms with Crippen LogP contribution in [0.1, 0.15) is 25.6 Å². The van der Waals surface area contributed by atoms with Crippen molar-refractivity contribution in [2.45, 2.75) is 33.2 Å². The summed E-state index contributed by atoms with van der Waals surface area (Å²) < 4.78 is 2.20. The summed E-state index contributed by atoms with van der Waals surface area (Å²) in [6.45, 7) is 10.8. The van der Waals surface area contributed by atoms with Crippen LogP contribution in [0.5, 0.6) is 0 Å². The summed E-state index contributed by atoms with van der Waals surface area (Å²) in [7, 11) is 0. The van der Waals surface area contributed by atoms with E-state index in [1.165, 1.54) is 5.69 Å². The number of nitrogens with zero attached hydrogens (tertiary/aromatic N) is 5. The van der Waals surface area contributed by atoms with E-state index in [1.54, 1.807) is 0 Å². The summed E-state index contributed by atoms with van der Waals surface area (Å²) >= 11 is 6.14. The van der Waals surface area contributed by atoms with Gasteiger partial charge in [0.25, 0.3) is 0 Å². The van der Waals surface area contributed by atoms with E-state index in [0.29, 0.717) is 0 Å². The molecular formula is C21H31ClN6. The van der Waals surface area contributed by atoms with Crippen molar-refractivity contribution in [2.75, 3.05) is 44.2 Å². The van der Waals surface area contributed by atoms with Crippen LogP contribution in [0.2, 0.25) is 5.02 Å². The van der Waals surface area contributed by atoms with E-state index in [-0.39, 0.29) is 0 Å². The number of aryl methyl sites for hydroxylation is 2. The molecule has 2 aromatic rings. The summed E-state index contributed by atoms with van der Waals surface area (Å²) in [6, 6.07) is 8.10. The number of hydrogen-bond acceptors (Lipinski definition) is 3. The molecule has 7 heteroatoms. The van der Waals surface area contributed by atoms with Gasteiger partial charge in [-0.15, -0.1) is 0 Å². The largest absolute Gasteiger partial charge is 0.368 e. The van der Waals surface area contributed by atoms with Crippen molar-refractivity contribution in [3.05, 3.63) is 47.5 Å². The first kappa shape index (κ1) is 20.5. The van der Waals surface area contributed by atoms with Gasteiger partial charge in [0, 0.05) is 68.9 Å². The molecule has 0 aliphatic carbocycles. The van der Waals surface area contributed by atoms with Crippen LogP contribution in [0.3, 0.4) is 0 Å². The van der Waals surface area contributed by atoms with Crippen molar-refractivity contribution in [3.8, 4) is 0 Å². The normalized spacial score (nSPS) is 15.2. The van der Waals surface area contributed by atoms with Crippen LogP contribution in [0, 0.1) is 6.92 Å². The van der Waals surface area contributed by atoms with Gasteiger partial charge in [-0.05, 0) is 44.9 Å². The fourth-order valence-corrected chi connectivity index (χ4v) is 3.68. The molecule has 0 spiro atoms. The Hall–Kier alpha value is -2.21. The van der Waals surface area contributed by atoms with E-state index in [9.17, 15) is 0 Å². The van der Waals surface area contributed by atoms with Crippen molar-refractivity contribution in [3.63, 3.8) is 0 Å². The molecule has 0 unspecified atom stereocenters. The molecule has 1 aliphatic rings. The summed E-state index contributed by atoms with van der Waals surface area (Å²) in [5, 5.41) is 4.24. The third-order valence-corrected chi connectivity index (χ3v) is 5.31. The second-order valence-electron chi connectivity index (χ2n) is 7.06. The third kappa shape index (κ3) is 5.64. The molecular weight excluding hydrogens is 372 g/mol. The maximum absolute atomic E-state index is 6.14. The van der Waals surface area contributed by atoms with E-state index in [2.05, 4.69) is 37.7 Å². The van der Waals surface area contributed by atoms with Crippen LogP contribution in [-0.2, 0) is 6.54 Å². The van der Waals surface area contributed by atoms with E-state index >= 15 is 0 Å². The Labute approximate surface area is 173 Å². The standard InChI is InChI=1S/C21H31ClN6/c1-3-23-21(25-9-4-5-11-26-12-10-24-18(26)2)28-15-13-27(14-16-28)20-8-6-7-19(22)17-20/h6-8,10,12,17H,3-5,9,11,13-16H2,1-2H3,(H,23,25). The average molecular weight is 403 g/mol. The third-order valence-electron chi connectivity index (χ3n) is 5.08. The summed E-state index contributed by atoms with van der Waals surface area (Å²) in [4.78, 5) is 13.9. The monoisotopic (exact) mass is 402 g/mol. The van der Waals surface area contributed by atoms with E-state index in [1.807, 2.05) is 37.5 Å². The minimum Gasteiger partial charge on any atom is -0.368 e. The Morgan fingerprint density at radius 2 is 2.04 bits per heavy atom. The molecule has 3 rings (SSSR count). The molecule has 1 N–H and O–H groups in total. The van der Waals surface area contributed by atoms with Gasteiger partial charge in [0.2, 0.25) is 0 Å². The maximum atomic E-state index is 6.14. The van der Waals surface area contributed by atoms with Gasteiger partial charge in [0.1, 0.15) is 5.82 Å². The van der Waals surface area contributed by atoms with Crippen molar-refractivity contribution < 1.29 is 0 Å². The topological polar surface area (TPSA) is 48.7 Å². The Bertz CT molecular complexity index is 764. The van der Waals surface area contributed by atoms with Gasteiger partial charge in [-0.25, -0.2) is 4.98 Å². The van der Waals surface area contributed by atoms with Gasteiger partial charge in [-0.1, -0.05) is 17.7 Å². The molecule has 1 fully saturated rings. The SMILES string of the molecule is CCNC(=NCCCCn1ccnc1C)N1CCN(c2cccc(Cl)c2)CC1. The highest BCUT2D eigenvalue weighted by Gasteiger charge is 2.19. The second kappa shape index (κ2) is 10.4. The summed E-state index contributed by atoms with van der Waals surface area (Å²) in [5.74, 6) is 2.11. The van der Waals surface area contributed by atoms with E-state index < -0.39 is 0 Å². The molecule has 1 saturated heterocycles. The van der Waals surface area contributed by atoms with Crippen LogP contribution < -0.4 is 10.2 Å². The Balaban J connectivity index is 1.47. The highest BCUT2D eigenvalue weighted by Crippen LogP contribution is 2.20. The van der Waals surface area contributed by atoms with Gasteiger partial charge in [-0.2, -0.15) is 0 Å². The van der Waals surface area contributed by atoms with Crippen LogP contribution in [0.25, 0.3) is 0 Å². The molecule has 2 heterocycles. The van der Waals surface area contributed by atoms with Crippen molar-refractivity contribution in [1.82, 2.24) is 19.8 Å². The number of guanidine groups is 1. The zero-order valence-corrected chi connectivity index (χ0v) is 17.7. The van der Waals surface area contributed by atoms with Crippen molar-refractivity contribution >= 4 is 23.2 Å². The predicted octanol–water partition coefficient (Wildman–Crippen LogP) is 3.41. The van der Waals surface area contributed by atoms with Crippen LogP contribution in [0.4, 0.5) is 5.69 Å². The van der Waals surface area contributed by atoms with E-state index in [4.69, 9.17) is 16.6 Å². The molecule has 6 nitrogen and oxygen atoms in total. The zero-order chi connectivity index (χ0) is 19.8. The zero-order valence-electron chi connectivity index (χ0n) is 16.9. The van der Waals surface area contributed by atoms with Gasteiger partial charge in [0.05, 0.1) is 0 Å². The molecule has 0 bridgehead atoms. The molecule has 152 valence electrons. The Kier molecular flexibility index (Phi) is 7.60. The number of unbranched alkanes of at least 4 members (excludes halogenated alkanes) is 1. The van der Waals surface area contributed by atoms with E-state index in [0.717, 1.165) is 75.5 Å². The summed E-state index contributed by atoms with van der Waals surface area (Å²) in [6.07, 6.45) is 6.10. The molecule has 0 radical (unpaired) electrons. The number of anilines is 1. The molecule has 0 saturated carbocycles. The van der Waals surface area contributed by atoms with Crippen LogP contribution >= 0.6 is 11.6 Å². The minimum absolute atomic E-state index is 0.792. The lowest BCUT2D eigenvalue weighted by atomic mass is 10.2. The van der Waals surface area contributed by atoms with Crippen molar-refractivity contribution in [1.29, 1.82) is 0 Å². The first-order valence-electron chi connectivity index (χ1n) is 10.2. The molecule has 28 heavy (non-hydrogen) atoms. The number of piperazine rings is 1. The number of hydrogen-bond donors (Lipinski definition) is 1. The van der Waals surface area contributed by atoms with Gasteiger partial charge >= 0.3 is 0 Å².